The third-order valence-corrected chi connectivity index (χ3v) is 1.98. The van der Waals surface area contributed by atoms with Crippen LogP contribution in [0, 0.1) is 0 Å². The smallest absolute Gasteiger partial charge is 0.496 e. The maximum absolute atomic E-state index is 10.7. The molecule has 0 amide bonds. The van der Waals surface area contributed by atoms with E-state index in [4.69, 9.17) is 20.0 Å². The van der Waals surface area contributed by atoms with Gasteiger partial charge in [0.1, 0.15) is 12.7 Å². The van der Waals surface area contributed by atoms with E-state index >= 15 is 0 Å². The quantitative estimate of drug-likeness (QED) is 0.175. The minimum Gasteiger partial charge on any atom is -0.505 e. The van der Waals surface area contributed by atoms with Crippen LogP contribution in [-0.4, -0.2) is 49.9 Å². The highest BCUT2D eigenvalue weighted by Crippen LogP contribution is 2.36. The Hall–Kier alpha value is -1.16. The highest BCUT2D eigenvalue weighted by molar-refractivity contribution is 7.46. The predicted octanol–water partition coefficient (Wildman–Crippen LogP) is -1.36. The molecule has 0 saturated heterocycles. The fraction of sp³-hybridized carbons (Fsp3) is 0.500. The Morgan fingerprint density at radius 3 is 2.41 bits per heavy atom. The van der Waals surface area contributed by atoms with Gasteiger partial charge in [-0.05, 0) is 0 Å². The van der Waals surface area contributed by atoms with Crippen molar-refractivity contribution >= 4 is 13.8 Å². The first-order valence-corrected chi connectivity index (χ1v) is 5.63. The number of carbonyl (C=O) groups is 1. The van der Waals surface area contributed by atoms with Gasteiger partial charge in [-0.3, -0.25) is 0 Å². The normalized spacial score (nSPS) is 22.8. The lowest BCUT2D eigenvalue weighted by atomic mass is 10.2. The number of rotatable bonds is 5. The fourth-order valence-corrected chi connectivity index (χ4v) is 1.18. The average molecular weight is 272 g/mol. The molecule has 5 N–H and O–H groups in total. The van der Waals surface area contributed by atoms with Crippen molar-refractivity contribution in [1.29, 1.82) is 0 Å². The lowest BCUT2D eigenvalue weighted by molar-refractivity contribution is -0.243. The van der Waals surface area contributed by atoms with E-state index in [-0.39, 0.29) is 0 Å². The molecule has 0 aromatic heterocycles. The molecule has 0 fully saturated rings. The summed E-state index contributed by atoms with van der Waals surface area (Å²) in [6, 6.07) is 0. The number of esters is 1. The summed E-state index contributed by atoms with van der Waals surface area (Å²) in [7, 11) is -4.86. The summed E-state index contributed by atoms with van der Waals surface area (Å²) in [5.74, 6) is -3.19. The van der Waals surface area contributed by atoms with Crippen molar-refractivity contribution in [1.82, 2.24) is 0 Å². The Kier molecular flexibility index (Phi) is 4.09. The Bertz CT molecular complexity index is 382. The molecule has 2 atom stereocenters. The molecule has 17 heavy (non-hydrogen) atoms. The first-order valence-electron chi connectivity index (χ1n) is 4.10. The molecule has 1 heterocycles. The third-order valence-electron chi connectivity index (χ3n) is 1.68. The second kappa shape index (κ2) is 5.00. The van der Waals surface area contributed by atoms with Crippen LogP contribution in [0.1, 0.15) is 0 Å². The van der Waals surface area contributed by atoms with Gasteiger partial charge >= 0.3 is 13.8 Å². The van der Waals surface area contributed by atoms with Crippen LogP contribution in [0.15, 0.2) is 11.5 Å². The van der Waals surface area contributed by atoms with Gasteiger partial charge in [-0.2, -0.15) is 0 Å². The summed E-state index contributed by atoms with van der Waals surface area (Å²) in [6.45, 7) is -0.805. The van der Waals surface area contributed by atoms with E-state index in [1.54, 1.807) is 0 Å². The SMILES string of the molecule is O=C1O[C@H]([C@@H](O)COOP(=O)(O)O)C(O)=C1O. The molecular weight excluding hydrogens is 263 g/mol. The van der Waals surface area contributed by atoms with E-state index in [2.05, 4.69) is 14.3 Å². The molecule has 0 radical (unpaired) electrons. The standard InChI is InChI=1S/C6H9O10P/c7-2(1-14-16-17(11,12)13)5-3(8)4(9)6(10)15-5/h2,5,7-9H,1H2,(H2,11,12,13)/t2-,5+/m0/s1. The molecule has 0 aromatic rings. The van der Waals surface area contributed by atoms with Crippen molar-refractivity contribution in [3.8, 4) is 0 Å². The zero-order valence-electron chi connectivity index (χ0n) is 8.09. The minimum absolute atomic E-state index is 0.805. The summed E-state index contributed by atoms with van der Waals surface area (Å²) in [6.07, 6.45) is -3.25. The molecule has 0 bridgehead atoms. The number of ether oxygens (including phenoxy) is 1. The first kappa shape index (κ1) is 13.9. The summed E-state index contributed by atoms with van der Waals surface area (Å²) in [5, 5.41) is 27.3. The van der Waals surface area contributed by atoms with E-state index in [0.29, 0.717) is 0 Å². The lowest BCUT2D eigenvalue weighted by Crippen LogP contribution is -2.32. The van der Waals surface area contributed by atoms with Gasteiger partial charge in [0.2, 0.25) is 5.76 Å². The van der Waals surface area contributed by atoms with Gasteiger partial charge in [0.15, 0.2) is 11.9 Å². The van der Waals surface area contributed by atoms with Gasteiger partial charge in [0.25, 0.3) is 0 Å². The Morgan fingerprint density at radius 2 is 2.00 bits per heavy atom. The second-order valence-electron chi connectivity index (χ2n) is 2.98. The van der Waals surface area contributed by atoms with Crippen LogP contribution in [-0.2, 0) is 23.7 Å². The molecule has 10 nitrogen and oxygen atoms in total. The number of cyclic esters (lactones) is 1. The largest absolute Gasteiger partial charge is 0.505 e. The van der Waals surface area contributed by atoms with Crippen LogP contribution >= 0.6 is 7.82 Å². The molecule has 11 heteroatoms. The van der Waals surface area contributed by atoms with Crippen LogP contribution in [0.5, 0.6) is 0 Å². The van der Waals surface area contributed by atoms with Gasteiger partial charge < -0.3 is 29.8 Å². The van der Waals surface area contributed by atoms with Gasteiger partial charge in [0.05, 0.1) is 0 Å². The maximum atomic E-state index is 10.7. The van der Waals surface area contributed by atoms with Crippen molar-refractivity contribution in [2.75, 3.05) is 6.61 Å². The van der Waals surface area contributed by atoms with Crippen molar-refractivity contribution in [3.63, 3.8) is 0 Å². The maximum Gasteiger partial charge on any atom is 0.496 e. The summed E-state index contributed by atoms with van der Waals surface area (Å²) in [4.78, 5) is 31.2. The summed E-state index contributed by atoms with van der Waals surface area (Å²) in [5.41, 5.74) is 0. The van der Waals surface area contributed by atoms with Gasteiger partial charge in [-0.15, -0.1) is 4.67 Å². The number of hydrogen-bond acceptors (Lipinski definition) is 8. The number of carbonyl (C=O) groups excluding carboxylic acids is 1. The monoisotopic (exact) mass is 272 g/mol. The number of phosphoric acid groups is 1. The minimum atomic E-state index is -4.86. The van der Waals surface area contributed by atoms with Gasteiger partial charge in [0, 0.05) is 0 Å². The third kappa shape index (κ3) is 3.66. The summed E-state index contributed by atoms with van der Waals surface area (Å²) >= 11 is 0. The molecular formula is C6H9O10P. The first-order chi connectivity index (χ1) is 7.72. The number of aliphatic hydroxyl groups excluding tert-OH is 3. The van der Waals surface area contributed by atoms with Gasteiger partial charge in [-0.1, -0.05) is 0 Å². The molecule has 0 aliphatic carbocycles. The highest BCUT2D eigenvalue weighted by atomic mass is 31.2. The zero-order chi connectivity index (χ0) is 13.2. The van der Waals surface area contributed by atoms with Crippen molar-refractivity contribution in [2.45, 2.75) is 12.2 Å². The predicted molar refractivity (Wildman–Crippen MR) is 47.3 cm³/mol. The molecule has 98 valence electrons. The topological polar surface area (TPSA) is 163 Å². The second-order valence-corrected chi connectivity index (χ2v) is 4.11. The molecule has 0 unspecified atom stereocenters. The van der Waals surface area contributed by atoms with Crippen molar-refractivity contribution in [2.24, 2.45) is 0 Å². The van der Waals surface area contributed by atoms with E-state index in [1.807, 2.05) is 0 Å². The van der Waals surface area contributed by atoms with E-state index < -0.39 is 44.1 Å². The van der Waals surface area contributed by atoms with E-state index in [1.165, 1.54) is 0 Å². The molecule has 0 saturated carbocycles. The molecule has 0 aromatic carbocycles. The van der Waals surface area contributed by atoms with Crippen LogP contribution < -0.4 is 0 Å². The van der Waals surface area contributed by atoms with Crippen LogP contribution in [0.3, 0.4) is 0 Å². The number of aliphatic hydroxyl groups is 3. The van der Waals surface area contributed by atoms with Crippen LogP contribution in [0.25, 0.3) is 0 Å². The molecule has 1 aliphatic heterocycles. The number of hydrogen-bond donors (Lipinski definition) is 5. The van der Waals surface area contributed by atoms with Crippen molar-refractivity contribution < 1.29 is 48.8 Å². The molecule has 1 rings (SSSR count). The van der Waals surface area contributed by atoms with E-state index in [9.17, 15) is 14.5 Å². The average Bonchev–Trinajstić information content (AvgIpc) is 2.44. The highest BCUT2D eigenvalue weighted by Gasteiger charge is 2.39. The Morgan fingerprint density at radius 1 is 1.41 bits per heavy atom. The lowest BCUT2D eigenvalue weighted by Gasteiger charge is -2.16. The molecule has 1 aliphatic rings. The molecule has 0 spiro atoms. The Labute approximate surface area is 93.8 Å². The van der Waals surface area contributed by atoms with Crippen LogP contribution in [0.2, 0.25) is 0 Å². The fourth-order valence-electron chi connectivity index (χ4n) is 0.983. The Balaban J connectivity index is 2.48. The van der Waals surface area contributed by atoms with Crippen molar-refractivity contribution in [3.05, 3.63) is 11.5 Å². The van der Waals surface area contributed by atoms with Gasteiger partial charge in [-0.25, -0.2) is 14.2 Å². The van der Waals surface area contributed by atoms with Crippen LogP contribution in [0.4, 0.5) is 0 Å². The van der Waals surface area contributed by atoms with E-state index in [0.717, 1.165) is 0 Å². The summed E-state index contributed by atoms with van der Waals surface area (Å²) < 4.78 is 18.1. The zero-order valence-corrected chi connectivity index (χ0v) is 8.98.